The van der Waals surface area contributed by atoms with Gasteiger partial charge in [-0.25, -0.2) is 4.79 Å². The lowest BCUT2D eigenvalue weighted by molar-refractivity contribution is 0.0515. The molecule has 1 aromatic carbocycles. The number of aromatic nitrogens is 2. The van der Waals surface area contributed by atoms with Crippen LogP contribution in [0.15, 0.2) is 18.2 Å². The summed E-state index contributed by atoms with van der Waals surface area (Å²) in [5, 5.41) is 4.29. The molecule has 21 heavy (non-hydrogen) atoms. The second-order valence-electron chi connectivity index (χ2n) is 4.67. The van der Waals surface area contributed by atoms with Crippen molar-refractivity contribution < 1.29 is 19.0 Å². The molecule has 1 aliphatic heterocycles. The van der Waals surface area contributed by atoms with Gasteiger partial charge in [0.25, 0.3) is 0 Å². The molecular weight excluding hydrogens is 272 g/mol. The number of ether oxygens (including phenoxy) is 3. The van der Waals surface area contributed by atoms with Gasteiger partial charge in [-0.05, 0) is 25.1 Å². The molecule has 3 rings (SSSR count). The fourth-order valence-corrected chi connectivity index (χ4v) is 2.50. The van der Waals surface area contributed by atoms with E-state index in [2.05, 4.69) is 5.10 Å². The number of nitrogens with zero attached hydrogens (tertiary/aromatic N) is 2. The highest BCUT2D eigenvalue weighted by Crippen LogP contribution is 2.40. The van der Waals surface area contributed by atoms with Gasteiger partial charge in [-0.1, -0.05) is 0 Å². The van der Waals surface area contributed by atoms with Gasteiger partial charge in [0.2, 0.25) is 0 Å². The van der Waals surface area contributed by atoms with Crippen molar-refractivity contribution in [1.29, 1.82) is 0 Å². The largest absolute Gasteiger partial charge is 0.497 e. The van der Waals surface area contributed by atoms with Crippen LogP contribution in [0.4, 0.5) is 0 Å². The van der Waals surface area contributed by atoms with E-state index in [4.69, 9.17) is 14.2 Å². The first-order valence-electron chi connectivity index (χ1n) is 6.70. The third-order valence-electron chi connectivity index (χ3n) is 3.43. The van der Waals surface area contributed by atoms with Gasteiger partial charge in [0, 0.05) is 12.6 Å². The number of fused-ring (bicyclic) bond motifs is 3. The Morgan fingerprint density at radius 2 is 2.29 bits per heavy atom. The Bertz CT molecular complexity index is 706. The van der Waals surface area contributed by atoms with Gasteiger partial charge in [-0.2, -0.15) is 5.10 Å². The molecule has 2 aromatic rings. The molecule has 0 unspecified atom stereocenters. The van der Waals surface area contributed by atoms with Crippen molar-refractivity contribution in [2.24, 2.45) is 7.05 Å². The molecule has 1 aliphatic rings. The highest BCUT2D eigenvalue weighted by atomic mass is 16.5. The number of carbonyl (C=O) groups excluding carboxylic acids is 1. The first-order valence-corrected chi connectivity index (χ1v) is 6.70. The molecule has 6 nitrogen and oxygen atoms in total. The van der Waals surface area contributed by atoms with Crippen molar-refractivity contribution in [3.05, 3.63) is 29.5 Å². The van der Waals surface area contributed by atoms with E-state index >= 15 is 0 Å². The molecular formula is C15H16N2O4. The SMILES string of the molecule is CCOC(=O)c1nn(C)c2c1COc1ccc(OC)cc1-2. The van der Waals surface area contributed by atoms with Crippen molar-refractivity contribution in [1.82, 2.24) is 9.78 Å². The van der Waals surface area contributed by atoms with Crippen LogP contribution in [-0.2, 0) is 18.4 Å². The van der Waals surface area contributed by atoms with E-state index in [1.54, 1.807) is 25.8 Å². The molecule has 0 amide bonds. The van der Waals surface area contributed by atoms with E-state index < -0.39 is 5.97 Å². The molecule has 0 aliphatic carbocycles. The summed E-state index contributed by atoms with van der Waals surface area (Å²) in [5.41, 5.74) is 2.78. The predicted octanol–water partition coefficient (Wildman–Crippen LogP) is 2.16. The fourth-order valence-electron chi connectivity index (χ4n) is 2.50. The van der Waals surface area contributed by atoms with Gasteiger partial charge in [0.15, 0.2) is 5.69 Å². The van der Waals surface area contributed by atoms with Crippen molar-refractivity contribution in [3.63, 3.8) is 0 Å². The summed E-state index contributed by atoms with van der Waals surface area (Å²) in [6.07, 6.45) is 0. The first kappa shape index (κ1) is 13.5. The molecule has 0 bridgehead atoms. The zero-order chi connectivity index (χ0) is 15.0. The maximum atomic E-state index is 12.0. The van der Waals surface area contributed by atoms with E-state index in [1.165, 1.54) is 0 Å². The quantitative estimate of drug-likeness (QED) is 0.810. The van der Waals surface area contributed by atoms with E-state index in [-0.39, 0.29) is 0 Å². The number of methoxy groups -OCH3 is 1. The first-order chi connectivity index (χ1) is 10.2. The van der Waals surface area contributed by atoms with E-state index in [0.29, 0.717) is 18.9 Å². The maximum Gasteiger partial charge on any atom is 0.359 e. The monoisotopic (exact) mass is 288 g/mol. The number of esters is 1. The molecule has 110 valence electrons. The van der Waals surface area contributed by atoms with Crippen LogP contribution in [0.1, 0.15) is 23.0 Å². The van der Waals surface area contributed by atoms with E-state index in [0.717, 1.165) is 28.3 Å². The van der Waals surface area contributed by atoms with Crippen molar-refractivity contribution in [2.45, 2.75) is 13.5 Å². The van der Waals surface area contributed by atoms with Crippen LogP contribution in [0.25, 0.3) is 11.3 Å². The lowest BCUT2D eigenvalue weighted by Gasteiger charge is -2.19. The second kappa shape index (κ2) is 5.12. The number of aryl methyl sites for hydroxylation is 1. The minimum atomic E-state index is -0.427. The highest BCUT2D eigenvalue weighted by Gasteiger charge is 2.29. The van der Waals surface area contributed by atoms with Crippen LogP contribution < -0.4 is 9.47 Å². The van der Waals surface area contributed by atoms with Gasteiger partial charge in [-0.3, -0.25) is 4.68 Å². The van der Waals surface area contributed by atoms with Crippen molar-refractivity contribution >= 4 is 5.97 Å². The number of hydrogen-bond donors (Lipinski definition) is 0. The third-order valence-corrected chi connectivity index (χ3v) is 3.43. The van der Waals surface area contributed by atoms with Crippen LogP contribution in [0.2, 0.25) is 0 Å². The van der Waals surface area contributed by atoms with Crippen LogP contribution in [0.5, 0.6) is 11.5 Å². The van der Waals surface area contributed by atoms with Gasteiger partial charge >= 0.3 is 5.97 Å². The Labute approximate surface area is 122 Å². The Morgan fingerprint density at radius 3 is 3.00 bits per heavy atom. The molecule has 0 atom stereocenters. The lowest BCUT2D eigenvalue weighted by atomic mass is 10.0. The highest BCUT2D eigenvalue weighted by molar-refractivity contribution is 5.92. The fraction of sp³-hybridized carbons (Fsp3) is 0.333. The van der Waals surface area contributed by atoms with Gasteiger partial charge in [0.05, 0.1) is 25.0 Å². The number of benzene rings is 1. The minimum Gasteiger partial charge on any atom is -0.497 e. The lowest BCUT2D eigenvalue weighted by Crippen LogP contribution is -2.12. The Morgan fingerprint density at radius 1 is 1.48 bits per heavy atom. The molecule has 6 heteroatoms. The predicted molar refractivity (Wildman–Crippen MR) is 75.5 cm³/mol. The number of hydrogen-bond acceptors (Lipinski definition) is 5. The minimum absolute atomic E-state index is 0.302. The molecule has 0 fully saturated rings. The number of carbonyl (C=O) groups is 1. The average molecular weight is 288 g/mol. The van der Waals surface area contributed by atoms with Gasteiger partial charge in [-0.15, -0.1) is 0 Å². The molecule has 1 aromatic heterocycles. The van der Waals surface area contributed by atoms with Crippen molar-refractivity contribution in [2.75, 3.05) is 13.7 Å². The second-order valence-corrected chi connectivity index (χ2v) is 4.67. The molecule has 0 N–H and O–H groups in total. The molecule has 0 saturated carbocycles. The zero-order valence-corrected chi connectivity index (χ0v) is 12.2. The third kappa shape index (κ3) is 2.12. The average Bonchev–Trinajstić information content (AvgIpc) is 2.84. The summed E-state index contributed by atoms with van der Waals surface area (Å²) in [7, 11) is 3.41. The van der Waals surface area contributed by atoms with Crippen LogP contribution in [0, 0.1) is 0 Å². The van der Waals surface area contributed by atoms with E-state index in [1.807, 2.05) is 18.2 Å². The van der Waals surface area contributed by atoms with E-state index in [9.17, 15) is 4.79 Å². The summed E-state index contributed by atoms with van der Waals surface area (Å²) in [5.74, 6) is 1.05. The molecule has 0 spiro atoms. The Hall–Kier alpha value is -2.50. The van der Waals surface area contributed by atoms with Gasteiger partial charge < -0.3 is 14.2 Å². The summed E-state index contributed by atoms with van der Waals surface area (Å²) in [6.45, 7) is 2.38. The topological polar surface area (TPSA) is 62.6 Å². The molecule has 2 heterocycles. The summed E-state index contributed by atoms with van der Waals surface area (Å²) in [6, 6.07) is 5.57. The summed E-state index contributed by atoms with van der Waals surface area (Å²) < 4.78 is 17.7. The van der Waals surface area contributed by atoms with Crippen molar-refractivity contribution in [3.8, 4) is 22.8 Å². The normalized spacial score (nSPS) is 12.1. The van der Waals surface area contributed by atoms with Crippen LogP contribution >= 0.6 is 0 Å². The molecule has 0 saturated heterocycles. The summed E-state index contributed by atoms with van der Waals surface area (Å²) in [4.78, 5) is 12.0. The smallest absolute Gasteiger partial charge is 0.359 e. The standard InChI is InChI=1S/C15H16N2O4/c1-4-20-15(18)13-11-8-21-12-6-5-9(19-3)7-10(12)14(11)17(2)16-13/h5-7H,4,8H2,1-3H3. The van der Waals surface area contributed by atoms with Crippen LogP contribution in [-0.4, -0.2) is 29.5 Å². The Kier molecular flexibility index (Phi) is 3.29. The Balaban J connectivity index is 2.14. The van der Waals surface area contributed by atoms with Gasteiger partial charge in [0.1, 0.15) is 18.1 Å². The molecule has 0 radical (unpaired) electrons. The zero-order valence-electron chi connectivity index (χ0n) is 12.2. The maximum absolute atomic E-state index is 12.0. The van der Waals surface area contributed by atoms with Crippen LogP contribution in [0.3, 0.4) is 0 Å². The number of rotatable bonds is 3. The summed E-state index contributed by atoms with van der Waals surface area (Å²) >= 11 is 0.